The smallest absolute Gasteiger partial charge is 0.190 e. The molecule has 5 nitrogen and oxygen atoms in total. The maximum absolute atomic E-state index is 8.42. The number of nitrogens with two attached hydrogens (primary N) is 1. The van der Waals surface area contributed by atoms with E-state index in [2.05, 4.69) is 22.0 Å². The average molecular weight is 226 g/mol. The lowest BCUT2D eigenvalue weighted by Gasteiger charge is -2.00. The molecule has 1 rings (SSSR count). The van der Waals surface area contributed by atoms with Crippen LogP contribution in [-0.4, -0.2) is 26.8 Å². The van der Waals surface area contributed by atoms with E-state index in [1.54, 1.807) is 18.0 Å². The lowest BCUT2D eigenvalue weighted by atomic mass is 10.4. The van der Waals surface area contributed by atoms with Gasteiger partial charge >= 0.3 is 0 Å². The number of hydrogen-bond donors (Lipinski definition) is 2. The summed E-state index contributed by atoms with van der Waals surface area (Å²) in [5, 5.41) is 12.1. The van der Waals surface area contributed by atoms with E-state index in [1.165, 1.54) is 12.6 Å². The van der Waals surface area contributed by atoms with Crippen molar-refractivity contribution in [3.05, 3.63) is 18.1 Å². The lowest BCUT2D eigenvalue weighted by Crippen LogP contribution is -2.15. The van der Waals surface area contributed by atoms with Crippen LogP contribution in [0.25, 0.3) is 0 Å². The molecule has 0 aliphatic rings. The standard InChI is InChI=1S/C9H14N4OS/c1-2-3-4-15-8-6-11-7(5-12-8)9(10)13-14/h5-6,14H,2-4H2,1H3,(H2,10,13). The molecular formula is C9H14N4OS. The third-order valence-corrected chi connectivity index (χ3v) is 2.75. The Balaban J connectivity index is 2.56. The van der Waals surface area contributed by atoms with E-state index < -0.39 is 0 Å². The van der Waals surface area contributed by atoms with Crippen molar-refractivity contribution in [2.75, 3.05) is 5.75 Å². The quantitative estimate of drug-likeness (QED) is 0.198. The first-order chi connectivity index (χ1) is 7.27. The predicted octanol–water partition coefficient (Wildman–Crippen LogP) is 1.46. The Hall–Kier alpha value is -1.30. The summed E-state index contributed by atoms with van der Waals surface area (Å²) in [5.74, 6) is 1.02. The van der Waals surface area contributed by atoms with Crippen molar-refractivity contribution in [2.24, 2.45) is 10.9 Å². The van der Waals surface area contributed by atoms with Crippen LogP contribution < -0.4 is 5.73 Å². The summed E-state index contributed by atoms with van der Waals surface area (Å²) in [7, 11) is 0. The van der Waals surface area contributed by atoms with Crippen LogP contribution in [0.3, 0.4) is 0 Å². The summed E-state index contributed by atoms with van der Waals surface area (Å²) >= 11 is 1.66. The molecule has 0 aromatic carbocycles. The molecule has 82 valence electrons. The van der Waals surface area contributed by atoms with E-state index in [0.29, 0.717) is 5.69 Å². The molecule has 0 fully saturated rings. The van der Waals surface area contributed by atoms with E-state index >= 15 is 0 Å². The maximum Gasteiger partial charge on any atom is 0.190 e. The highest BCUT2D eigenvalue weighted by molar-refractivity contribution is 7.99. The zero-order valence-electron chi connectivity index (χ0n) is 8.55. The Morgan fingerprint density at radius 1 is 1.53 bits per heavy atom. The molecule has 1 aromatic heterocycles. The fourth-order valence-corrected chi connectivity index (χ4v) is 1.79. The van der Waals surface area contributed by atoms with Gasteiger partial charge in [0.25, 0.3) is 0 Å². The van der Waals surface area contributed by atoms with E-state index in [4.69, 9.17) is 10.9 Å². The minimum atomic E-state index is -0.0207. The topological polar surface area (TPSA) is 84.4 Å². The summed E-state index contributed by atoms with van der Waals surface area (Å²) in [6, 6.07) is 0. The second-order valence-corrected chi connectivity index (χ2v) is 4.04. The zero-order chi connectivity index (χ0) is 11.1. The minimum absolute atomic E-state index is 0.0207. The predicted molar refractivity (Wildman–Crippen MR) is 60.2 cm³/mol. The van der Waals surface area contributed by atoms with Gasteiger partial charge in [0.05, 0.1) is 12.4 Å². The maximum atomic E-state index is 8.42. The Morgan fingerprint density at radius 3 is 2.87 bits per heavy atom. The van der Waals surface area contributed by atoms with Gasteiger partial charge in [0, 0.05) is 0 Å². The highest BCUT2D eigenvalue weighted by Crippen LogP contribution is 2.15. The van der Waals surface area contributed by atoms with Gasteiger partial charge in [-0.2, -0.15) is 0 Å². The average Bonchev–Trinajstić information content (AvgIpc) is 2.29. The van der Waals surface area contributed by atoms with Crippen LogP contribution in [0.5, 0.6) is 0 Å². The number of thioether (sulfide) groups is 1. The van der Waals surface area contributed by atoms with E-state index in [0.717, 1.165) is 17.2 Å². The van der Waals surface area contributed by atoms with Crippen molar-refractivity contribution in [3.8, 4) is 0 Å². The number of hydrogen-bond acceptors (Lipinski definition) is 5. The largest absolute Gasteiger partial charge is 0.409 e. The highest BCUT2D eigenvalue weighted by atomic mass is 32.2. The van der Waals surface area contributed by atoms with Gasteiger partial charge in [0.1, 0.15) is 10.7 Å². The number of aromatic nitrogens is 2. The van der Waals surface area contributed by atoms with Gasteiger partial charge in [0.15, 0.2) is 5.84 Å². The molecule has 0 bridgehead atoms. The van der Waals surface area contributed by atoms with Crippen LogP contribution in [0.15, 0.2) is 22.6 Å². The molecular weight excluding hydrogens is 212 g/mol. The van der Waals surface area contributed by atoms with Gasteiger partial charge in [0.2, 0.25) is 0 Å². The van der Waals surface area contributed by atoms with Gasteiger partial charge in [-0.3, -0.25) is 0 Å². The molecule has 3 N–H and O–H groups in total. The molecule has 0 spiro atoms. The highest BCUT2D eigenvalue weighted by Gasteiger charge is 2.02. The van der Waals surface area contributed by atoms with Crippen molar-refractivity contribution in [1.29, 1.82) is 0 Å². The van der Waals surface area contributed by atoms with E-state index in [-0.39, 0.29) is 5.84 Å². The van der Waals surface area contributed by atoms with Crippen molar-refractivity contribution >= 4 is 17.6 Å². The van der Waals surface area contributed by atoms with Crippen molar-refractivity contribution in [2.45, 2.75) is 24.8 Å². The normalized spacial score (nSPS) is 11.7. The third kappa shape index (κ3) is 3.75. The van der Waals surface area contributed by atoms with Gasteiger partial charge in [-0.05, 0) is 12.2 Å². The number of unbranched alkanes of at least 4 members (excludes halogenated alkanes) is 1. The second-order valence-electron chi connectivity index (χ2n) is 2.93. The number of rotatable bonds is 5. The molecule has 0 saturated carbocycles. The molecule has 0 saturated heterocycles. The summed E-state index contributed by atoms with van der Waals surface area (Å²) in [6.45, 7) is 2.15. The molecule has 0 aliphatic heterocycles. The molecule has 0 aliphatic carbocycles. The summed E-state index contributed by atoms with van der Waals surface area (Å²) < 4.78 is 0. The van der Waals surface area contributed by atoms with Gasteiger partial charge in [-0.25, -0.2) is 9.97 Å². The number of nitrogens with zero attached hydrogens (tertiary/aromatic N) is 3. The number of oxime groups is 1. The Morgan fingerprint density at radius 2 is 2.33 bits per heavy atom. The van der Waals surface area contributed by atoms with Gasteiger partial charge in [-0.1, -0.05) is 18.5 Å². The first-order valence-corrected chi connectivity index (χ1v) is 5.69. The van der Waals surface area contributed by atoms with Crippen LogP contribution in [0, 0.1) is 0 Å². The fourth-order valence-electron chi connectivity index (χ4n) is 0.895. The first kappa shape index (κ1) is 11.8. The van der Waals surface area contributed by atoms with Crippen molar-refractivity contribution in [3.63, 3.8) is 0 Å². The summed E-state index contributed by atoms with van der Waals surface area (Å²) in [4.78, 5) is 8.18. The Kier molecular flexibility index (Phi) is 4.89. The second kappa shape index (κ2) is 6.23. The van der Waals surface area contributed by atoms with Gasteiger partial charge in [-0.15, -0.1) is 11.8 Å². The molecule has 1 aromatic rings. The van der Waals surface area contributed by atoms with E-state index in [1.807, 2.05) is 0 Å². The summed E-state index contributed by atoms with van der Waals surface area (Å²) in [5.41, 5.74) is 5.74. The van der Waals surface area contributed by atoms with Crippen LogP contribution in [0.4, 0.5) is 0 Å². The third-order valence-electron chi connectivity index (χ3n) is 1.75. The Labute approximate surface area is 92.8 Å². The van der Waals surface area contributed by atoms with Crippen LogP contribution in [0.2, 0.25) is 0 Å². The monoisotopic (exact) mass is 226 g/mol. The number of amidine groups is 1. The molecule has 0 radical (unpaired) electrons. The molecule has 0 atom stereocenters. The molecule has 15 heavy (non-hydrogen) atoms. The van der Waals surface area contributed by atoms with E-state index in [9.17, 15) is 0 Å². The van der Waals surface area contributed by atoms with Crippen LogP contribution >= 0.6 is 11.8 Å². The molecule has 0 unspecified atom stereocenters. The SMILES string of the molecule is CCCCSc1cnc(C(N)=NO)cn1. The summed E-state index contributed by atoms with van der Waals surface area (Å²) in [6.07, 6.45) is 5.47. The van der Waals surface area contributed by atoms with Crippen LogP contribution in [-0.2, 0) is 0 Å². The van der Waals surface area contributed by atoms with Crippen molar-refractivity contribution in [1.82, 2.24) is 9.97 Å². The van der Waals surface area contributed by atoms with Crippen molar-refractivity contribution < 1.29 is 5.21 Å². The lowest BCUT2D eigenvalue weighted by molar-refractivity contribution is 0.318. The minimum Gasteiger partial charge on any atom is -0.409 e. The molecule has 1 heterocycles. The van der Waals surface area contributed by atoms with Crippen LogP contribution in [0.1, 0.15) is 25.5 Å². The molecule has 6 heteroatoms. The molecule has 0 amide bonds. The fraction of sp³-hybridized carbons (Fsp3) is 0.444. The van der Waals surface area contributed by atoms with Gasteiger partial charge < -0.3 is 10.9 Å². The zero-order valence-corrected chi connectivity index (χ0v) is 9.37. The Bertz CT molecular complexity index is 325. The first-order valence-electron chi connectivity index (χ1n) is 4.70.